The van der Waals surface area contributed by atoms with Crippen LogP contribution < -0.4 is 4.90 Å². The first-order valence-corrected chi connectivity index (χ1v) is 9.51. The zero-order chi connectivity index (χ0) is 18.1. The summed E-state index contributed by atoms with van der Waals surface area (Å²) in [4.78, 5) is 18.0. The lowest BCUT2D eigenvalue weighted by Gasteiger charge is -2.34. The average Bonchev–Trinajstić information content (AvgIpc) is 3.49. The van der Waals surface area contributed by atoms with Crippen LogP contribution in [-0.4, -0.2) is 51.2 Å². The lowest BCUT2D eigenvalue weighted by atomic mass is 10.2. The summed E-state index contributed by atoms with van der Waals surface area (Å²) < 4.78 is 5.46. The van der Waals surface area contributed by atoms with Gasteiger partial charge in [-0.3, -0.25) is 9.88 Å². The molecule has 138 valence electrons. The third-order valence-electron chi connectivity index (χ3n) is 5.22. The largest absolute Gasteiger partial charge is 0.361 e. The minimum atomic E-state index is 0.618. The number of hydrogen-bond donors (Lipinski definition) is 0. The lowest BCUT2D eigenvalue weighted by Crippen LogP contribution is -2.46. The van der Waals surface area contributed by atoms with E-state index < -0.39 is 0 Å². The van der Waals surface area contributed by atoms with Gasteiger partial charge in [0.2, 0.25) is 5.95 Å². The van der Waals surface area contributed by atoms with E-state index in [4.69, 9.17) is 9.51 Å². The molecule has 4 heterocycles. The van der Waals surface area contributed by atoms with Crippen molar-refractivity contribution in [2.24, 2.45) is 0 Å². The molecular weight excluding hydrogens is 340 g/mol. The molecular formula is C20H22N6O. The Balaban J connectivity index is 1.21. The highest BCUT2D eigenvalue weighted by molar-refractivity contribution is 5.59. The predicted octanol–water partition coefficient (Wildman–Crippen LogP) is 2.73. The summed E-state index contributed by atoms with van der Waals surface area (Å²) in [6.07, 6.45) is 7.89. The molecule has 0 radical (unpaired) electrons. The van der Waals surface area contributed by atoms with Crippen LogP contribution in [0.3, 0.4) is 0 Å². The van der Waals surface area contributed by atoms with Crippen LogP contribution in [0.2, 0.25) is 0 Å². The standard InChI is InChI=1S/C20H22N6O/c1-2-16(1)19-13-17(24-27-19)14-25-9-11-26(12-10-25)20-22-8-5-18(23-20)15-3-6-21-7-4-15/h3-8,13,16H,1-2,9-12,14H2. The molecule has 0 aromatic carbocycles. The summed E-state index contributed by atoms with van der Waals surface area (Å²) in [6.45, 7) is 4.60. The molecule has 0 N–H and O–H groups in total. The Kier molecular flexibility index (Phi) is 4.29. The molecule has 3 aromatic rings. The molecule has 0 atom stereocenters. The van der Waals surface area contributed by atoms with Gasteiger partial charge in [-0.2, -0.15) is 0 Å². The van der Waals surface area contributed by atoms with Gasteiger partial charge in [-0.15, -0.1) is 0 Å². The van der Waals surface area contributed by atoms with E-state index in [0.29, 0.717) is 5.92 Å². The Labute approximate surface area is 158 Å². The molecule has 27 heavy (non-hydrogen) atoms. The average molecular weight is 362 g/mol. The third-order valence-corrected chi connectivity index (χ3v) is 5.22. The molecule has 1 aliphatic carbocycles. The quantitative estimate of drug-likeness (QED) is 0.691. The van der Waals surface area contributed by atoms with Crippen molar-refractivity contribution >= 4 is 5.95 Å². The van der Waals surface area contributed by atoms with Crippen molar-refractivity contribution in [1.29, 1.82) is 0 Å². The minimum Gasteiger partial charge on any atom is -0.361 e. The molecule has 0 spiro atoms. The summed E-state index contributed by atoms with van der Waals surface area (Å²) in [5, 5.41) is 4.23. The lowest BCUT2D eigenvalue weighted by molar-refractivity contribution is 0.240. The number of aromatic nitrogens is 4. The van der Waals surface area contributed by atoms with Gasteiger partial charge < -0.3 is 9.42 Å². The third kappa shape index (κ3) is 3.68. The number of hydrogen-bond acceptors (Lipinski definition) is 7. The van der Waals surface area contributed by atoms with E-state index in [1.54, 1.807) is 12.4 Å². The maximum absolute atomic E-state index is 5.46. The van der Waals surface area contributed by atoms with Crippen LogP contribution in [0.4, 0.5) is 5.95 Å². The molecule has 2 aliphatic rings. The topological polar surface area (TPSA) is 71.2 Å². The van der Waals surface area contributed by atoms with Gasteiger partial charge in [0, 0.05) is 68.9 Å². The van der Waals surface area contributed by atoms with Crippen molar-refractivity contribution < 1.29 is 4.52 Å². The van der Waals surface area contributed by atoms with E-state index in [9.17, 15) is 0 Å². The number of nitrogens with zero attached hydrogens (tertiary/aromatic N) is 6. The van der Waals surface area contributed by atoms with Crippen molar-refractivity contribution in [2.75, 3.05) is 31.1 Å². The van der Waals surface area contributed by atoms with E-state index in [2.05, 4.69) is 31.0 Å². The SMILES string of the molecule is c1cc(-c2ccnc(N3CCN(Cc4cc(C5CC5)on4)CC3)n2)ccn1. The monoisotopic (exact) mass is 362 g/mol. The Morgan fingerprint density at radius 2 is 1.81 bits per heavy atom. The van der Waals surface area contributed by atoms with Crippen LogP contribution in [-0.2, 0) is 6.54 Å². The summed E-state index contributed by atoms with van der Waals surface area (Å²) in [7, 11) is 0. The highest BCUT2D eigenvalue weighted by Gasteiger charge is 2.28. The first-order valence-electron chi connectivity index (χ1n) is 9.51. The van der Waals surface area contributed by atoms with Crippen LogP contribution in [0.25, 0.3) is 11.3 Å². The van der Waals surface area contributed by atoms with Gasteiger partial charge in [0.05, 0.1) is 11.4 Å². The number of pyridine rings is 1. The van der Waals surface area contributed by atoms with Crippen LogP contribution >= 0.6 is 0 Å². The van der Waals surface area contributed by atoms with Gasteiger partial charge in [0.25, 0.3) is 0 Å². The molecule has 1 saturated carbocycles. The second-order valence-electron chi connectivity index (χ2n) is 7.24. The van der Waals surface area contributed by atoms with Crippen molar-refractivity contribution in [2.45, 2.75) is 25.3 Å². The second-order valence-corrected chi connectivity index (χ2v) is 7.24. The van der Waals surface area contributed by atoms with E-state index in [1.807, 2.05) is 24.4 Å². The minimum absolute atomic E-state index is 0.618. The maximum atomic E-state index is 5.46. The van der Waals surface area contributed by atoms with Crippen LogP contribution in [0.5, 0.6) is 0 Å². The Hall–Kier alpha value is -2.80. The molecule has 1 saturated heterocycles. The molecule has 2 fully saturated rings. The van der Waals surface area contributed by atoms with Gasteiger partial charge >= 0.3 is 0 Å². The van der Waals surface area contributed by atoms with E-state index in [0.717, 1.165) is 61.4 Å². The number of rotatable bonds is 5. The Bertz CT molecular complexity index is 900. The van der Waals surface area contributed by atoms with Crippen molar-refractivity contribution in [3.05, 3.63) is 54.3 Å². The van der Waals surface area contributed by atoms with Gasteiger partial charge in [0.15, 0.2) is 0 Å². The van der Waals surface area contributed by atoms with Crippen molar-refractivity contribution in [1.82, 2.24) is 25.0 Å². The number of anilines is 1. The second kappa shape index (κ2) is 7.08. The first-order chi connectivity index (χ1) is 13.3. The Morgan fingerprint density at radius 3 is 2.59 bits per heavy atom. The zero-order valence-corrected chi connectivity index (χ0v) is 15.2. The zero-order valence-electron chi connectivity index (χ0n) is 15.2. The van der Waals surface area contributed by atoms with Crippen molar-refractivity contribution in [3.8, 4) is 11.3 Å². The van der Waals surface area contributed by atoms with Gasteiger partial charge in [0.1, 0.15) is 5.76 Å². The maximum Gasteiger partial charge on any atom is 0.225 e. The van der Waals surface area contributed by atoms with Gasteiger partial charge in [-0.25, -0.2) is 9.97 Å². The predicted molar refractivity (Wildman–Crippen MR) is 101 cm³/mol. The smallest absolute Gasteiger partial charge is 0.225 e. The Morgan fingerprint density at radius 1 is 1.00 bits per heavy atom. The number of piperazine rings is 1. The molecule has 0 amide bonds. The molecule has 5 rings (SSSR count). The fourth-order valence-electron chi connectivity index (χ4n) is 3.48. The van der Waals surface area contributed by atoms with Crippen LogP contribution in [0, 0.1) is 0 Å². The fourth-order valence-corrected chi connectivity index (χ4v) is 3.48. The normalized spacial score (nSPS) is 18.0. The van der Waals surface area contributed by atoms with Gasteiger partial charge in [-0.05, 0) is 31.0 Å². The molecule has 1 aliphatic heterocycles. The summed E-state index contributed by atoms with van der Waals surface area (Å²) in [5.74, 6) is 2.47. The summed E-state index contributed by atoms with van der Waals surface area (Å²) >= 11 is 0. The molecule has 7 heteroatoms. The van der Waals surface area contributed by atoms with E-state index >= 15 is 0 Å². The molecule has 0 unspecified atom stereocenters. The highest BCUT2D eigenvalue weighted by Crippen LogP contribution is 2.40. The molecule has 7 nitrogen and oxygen atoms in total. The van der Waals surface area contributed by atoms with E-state index in [-0.39, 0.29) is 0 Å². The van der Waals surface area contributed by atoms with Crippen LogP contribution in [0.15, 0.2) is 47.4 Å². The summed E-state index contributed by atoms with van der Waals surface area (Å²) in [5.41, 5.74) is 3.03. The van der Waals surface area contributed by atoms with E-state index in [1.165, 1.54) is 12.8 Å². The van der Waals surface area contributed by atoms with Gasteiger partial charge in [-0.1, -0.05) is 5.16 Å². The highest BCUT2D eigenvalue weighted by atomic mass is 16.5. The van der Waals surface area contributed by atoms with Crippen LogP contribution in [0.1, 0.15) is 30.2 Å². The summed E-state index contributed by atoms with van der Waals surface area (Å²) in [6, 6.07) is 8.01. The van der Waals surface area contributed by atoms with Crippen molar-refractivity contribution in [3.63, 3.8) is 0 Å². The molecule has 3 aromatic heterocycles. The first kappa shape index (κ1) is 16.4. The molecule has 0 bridgehead atoms. The fraction of sp³-hybridized carbons (Fsp3) is 0.400.